The second-order valence-corrected chi connectivity index (χ2v) is 9.77. The van der Waals surface area contributed by atoms with Gasteiger partial charge in [0, 0.05) is 23.4 Å². The summed E-state index contributed by atoms with van der Waals surface area (Å²) in [4.78, 5) is 40.3. The van der Waals surface area contributed by atoms with Crippen molar-refractivity contribution in [2.75, 3.05) is 6.61 Å². The molecule has 6 nitrogen and oxygen atoms in total. The van der Waals surface area contributed by atoms with Crippen molar-refractivity contribution in [1.29, 1.82) is 0 Å². The Bertz CT molecular complexity index is 1290. The molecule has 1 aromatic heterocycles. The Hall–Kier alpha value is -3.67. The van der Waals surface area contributed by atoms with Crippen LogP contribution in [0, 0.1) is 5.41 Å². The maximum atomic E-state index is 13.8. The highest BCUT2D eigenvalue weighted by Crippen LogP contribution is 2.35. The topological polar surface area (TPSA) is 77.4 Å². The summed E-state index contributed by atoms with van der Waals surface area (Å²) < 4.78 is 7.07. The molecule has 0 saturated heterocycles. The fourth-order valence-electron chi connectivity index (χ4n) is 4.75. The molecule has 0 saturated carbocycles. The second-order valence-electron chi connectivity index (χ2n) is 9.77. The molecular formula is C29H32N2O4. The van der Waals surface area contributed by atoms with Crippen LogP contribution in [0.3, 0.4) is 0 Å². The number of ketones is 1. The molecule has 182 valence electrons. The highest BCUT2D eigenvalue weighted by atomic mass is 16.5. The third-order valence-electron chi connectivity index (χ3n) is 6.45. The average molecular weight is 473 g/mol. The number of nitrogens with one attached hydrogen (secondary N) is 1. The molecule has 3 aromatic rings. The molecule has 6 heteroatoms. The molecule has 0 aliphatic heterocycles. The van der Waals surface area contributed by atoms with Crippen LogP contribution in [0.5, 0.6) is 5.75 Å². The highest BCUT2D eigenvalue weighted by molar-refractivity contribution is 6.02. The first-order chi connectivity index (χ1) is 16.7. The maximum absolute atomic E-state index is 13.8. The van der Waals surface area contributed by atoms with Gasteiger partial charge in [0.25, 0.3) is 11.5 Å². The quantitative estimate of drug-likeness (QED) is 0.508. The summed E-state index contributed by atoms with van der Waals surface area (Å²) in [5.41, 5.74) is 1.91. The molecule has 35 heavy (non-hydrogen) atoms. The first-order valence-corrected chi connectivity index (χ1v) is 12.1. The summed E-state index contributed by atoms with van der Waals surface area (Å²) in [6.07, 6.45) is 1.59. The first-order valence-electron chi connectivity index (χ1n) is 12.1. The summed E-state index contributed by atoms with van der Waals surface area (Å²) in [5.74, 6) is 0.156. The molecule has 1 amide bonds. The lowest BCUT2D eigenvalue weighted by Crippen LogP contribution is -2.39. The summed E-state index contributed by atoms with van der Waals surface area (Å²) in [6, 6.07) is 18.1. The summed E-state index contributed by atoms with van der Waals surface area (Å²) in [6.45, 7) is 8.46. The number of Topliss-reactive ketones (excluding diaryl/α,β-unsaturated/α-hetero) is 1. The Morgan fingerprint density at radius 1 is 1.03 bits per heavy atom. The Morgan fingerprint density at radius 3 is 2.34 bits per heavy atom. The van der Waals surface area contributed by atoms with Crippen LogP contribution in [0.1, 0.15) is 78.6 Å². The van der Waals surface area contributed by atoms with Crippen molar-refractivity contribution >= 4 is 11.7 Å². The van der Waals surface area contributed by atoms with E-state index in [-0.39, 0.29) is 22.8 Å². The molecule has 0 radical (unpaired) electrons. The number of amides is 1. The van der Waals surface area contributed by atoms with Gasteiger partial charge in [-0.3, -0.25) is 19.0 Å². The smallest absolute Gasteiger partial charge is 0.268 e. The maximum Gasteiger partial charge on any atom is 0.268 e. The zero-order valence-electron chi connectivity index (χ0n) is 20.8. The van der Waals surface area contributed by atoms with Gasteiger partial charge in [-0.2, -0.15) is 0 Å². The molecule has 1 aliphatic carbocycles. The number of nitrogens with zero attached hydrogens (tertiary/aromatic N) is 1. The van der Waals surface area contributed by atoms with E-state index in [2.05, 4.69) is 5.32 Å². The van der Waals surface area contributed by atoms with Crippen LogP contribution < -0.4 is 15.6 Å². The predicted molar refractivity (Wildman–Crippen MR) is 137 cm³/mol. The van der Waals surface area contributed by atoms with E-state index in [1.807, 2.05) is 58.0 Å². The Morgan fingerprint density at radius 2 is 1.71 bits per heavy atom. The fourth-order valence-corrected chi connectivity index (χ4v) is 4.75. The van der Waals surface area contributed by atoms with Crippen molar-refractivity contribution in [3.8, 4) is 11.4 Å². The number of hydrogen-bond donors (Lipinski definition) is 1. The van der Waals surface area contributed by atoms with E-state index >= 15 is 0 Å². The minimum atomic E-state index is -0.481. The van der Waals surface area contributed by atoms with E-state index in [1.54, 1.807) is 24.3 Å². The van der Waals surface area contributed by atoms with Gasteiger partial charge in [-0.05, 0) is 61.1 Å². The second kappa shape index (κ2) is 9.90. The van der Waals surface area contributed by atoms with Gasteiger partial charge < -0.3 is 10.1 Å². The Balaban J connectivity index is 1.82. The number of carbonyl (C=O) groups is 2. The predicted octanol–water partition coefficient (Wildman–Crippen LogP) is 5.27. The van der Waals surface area contributed by atoms with Crippen LogP contribution in [-0.2, 0) is 6.42 Å². The van der Waals surface area contributed by atoms with Gasteiger partial charge >= 0.3 is 0 Å². The van der Waals surface area contributed by atoms with Crippen LogP contribution >= 0.6 is 0 Å². The zero-order chi connectivity index (χ0) is 25.2. The fraction of sp³-hybridized carbons (Fsp3) is 0.345. The standard InChI is InChI=1S/C29H32N2O4/c1-5-24(19-10-8-7-9-11-19)30-27(33)23-16-22-25(17-29(3,4)18-26(22)32)31(28(23)34)20-12-14-21(15-13-20)35-6-2/h7-16,24H,5-6,17-18H2,1-4H3,(H,30,33). The van der Waals surface area contributed by atoms with Crippen LogP contribution in [0.25, 0.3) is 5.69 Å². The van der Waals surface area contributed by atoms with E-state index < -0.39 is 11.5 Å². The molecule has 1 N–H and O–H groups in total. The number of ether oxygens (including phenoxy) is 1. The van der Waals surface area contributed by atoms with Gasteiger partial charge in [0.05, 0.1) is 12.6 Å². The van der Waals surface area contributed by atoms with E-state index in [1.165, 1.54) is 10.6 Å². The van der Waals surface area contributed by atoms with Crippen molar-refractivity contribution in [1.82, 2.24) is 9.88 Å². The SMILES string of the molecule is CCOc1ccc(-n2c3c(cc(C(=O)NC(CC)c4ccccc4)c2=O)C(=O)CC(C)(C)C3)cc1. The van der Waals surface area contributed by atoms with Gasteiger partial charge in [0.2, 0.25) is 0 Å². The molecule has 4 rings (SSSR count). The molecule has 1 heterocycles. The summed E-state index contributed by atoms with van der Waals surface area (Å²) in [5, 5.41) is 3.00. The van der Waals surface area contributed by atoms with E-state index in [0.29, 0.717) is 48.6 Å². The normalized spacial score (nSPS) is 15.3. The van der Waals surface area contributed by atoms with Crippen LogP contribution in [0.4, 0.5) is 0 Å². The van der Waals surface area contributed by atoms with Crippen molar-refractivity contribution in [2.45, 2.75) is 53.0 Å². The van der Waals surface area contributed by atoms with Crippen LogP contribution in [0.15, 0.2) is 65.5 Å². The first kappa shape index (κ1) is 24.5. The van der Waals surface area contributed by atoms with Gasteiger partial charge in [-0.1, -0.05) is 51.1 Å². The van der Waals surface area contributed by atoms with Crippen LogP contribution in [-0.4, -0.2) is 22.9 Å². The Kier molecular flexibility index (Phi) is 6.92. The largest absolute Gasteiger partial charge is 0.494 e. The van der Waals surface area contributed by atoms with Gasteiger partial charge in [0.1, 0.15) is 11.3 Å². The molecule has 0 bridgehead atoms. The average Bonchev–Trinajstić information content (AvgIpc) is 2.83. The number of benzene rings is 2. The molecule has 1 atom stereocenters. The molecule has 0 spiro atoms. The van der Waals surface area contributed by atoms with Gasteiger partial charge in [0.15, 0.2) is 5.78 Å². The summed E-state index contributed by atoms with van der Waals surface area (Å²) >= 11 is 0. The number of pyridine rings is 1. The minimum absolute atomic E-state index is 0.0277. The number of fused-ring (bicyclic) bond motifs is 1. The van der Waals surface area contributed by atoms with Crippen LogP contribution in [0.2, 0.25) is 0 Å². The third-order valence-corrected chi connectivity index (χ3v) is 6.45. The molecule has 0 fully saturated rings. The van der Waals surface area contributed by atoms with Gasteiger partial charge in [-0.15, -0.1) is 0 Å². The van der Waals surface area contributed by atoms with Crippen molar-refractivity contribution in [2.24, 2.45) is 5.41 Å². The third kappa shape index (κ3) is 5.06. The summed E-state index contributed by atoms with van der Waals surface area (Å²) in [7, 11) is 0. The number of aromatic nitrogens is 1. The number of rotatable bonds is 7. The monoisotopic (exact) mass is 472 g/mol. The molecule has 2 aromatic carbocycles. The lowest BCUT2D eigenvalue weighted by atomic mass is 9.75. The van der Waals surface area contributed by atoms with E-state index in [0.717, 1.165) is 5.56 Å². The molecule has 1 unspecified atom stereocenters. The minimum Gasteiger partial charge on any atom is -0.494 e. The zero-order valence-corrected chi connectivity index (χ0v) is 20.8. The van der Waals surface area contributed by atoms with Crippen molar-refractivity contribution in [3.05, 3.63) is 93.4 Å². The molecular weight excluding hydrogens is 440 g/mol. The number of hydrogen-bond acceptors (Lipinski definition) is 4. The van der Waals surface area contributed by atoms with Crippen molar-refractivity contribution in [3.63, 3.8) is 0 Å². The Labute approximate surface area is 205 Å². The van der Waals surface area contributed by atoms with E-state index in [4.69, 9.17) is 4.74 Å². The van der Waals surface area contributed by atoms with Crippen molar-refractivity contribution < 1.29 is 14.3 Å². The highest BCUT2D eigenvalue weighted by Gasteiger charge is 2.35. The van der Waals surface area contributed by atoms with Gasteiger partial charge in [-0.25, -0.2) is 0 Å². The lowest BCUT2D eigenvalue weighted by molar-refractivity contribution is 0.0908. The molecule has 1 aliphatic rings. The number of carbonyl (C=O) groups excluding carboxylic acids is 2. The lowest BCUT2D eigenvalue weighted by Gasteiger charge is -2.32. The van der Waals surface area contributed by atoms with E-state index in [9.17, 15) is 14.4 Å².